The minimum atomic E-state index is -3.79. The topological polar surface area (TPSA) is 81.8 Å². The highest BCUT2D eigenvalue weighted by Gasteiger charge is 2.25. The van der Waals surface area contributed by atoms with Gasteiger partial charge < -0.3 is 15.1 Å². The van der Waals surface area contributed by atoms with Gasteiger partial charge in [0.15, 0.2) is 0 Å². The number of sulfonamides is 1. The van der Waals surface area contributed by atoms with Gasteiger partial charge in [-0.3, -0.25) is 9.52 Å². The van der Waals surface area contributed by atoms with E-state index in [1.54, 1.807) is 18.2 Å². The molecular formula is C25H34N4O3S. The van der Waals surface area contributed by atoms with E-state index in [1.807, 2.05) is 36.1 Å². The van der Waals surface area contributed by atoms with Gasteiger partial charge in [-0.05, 0) is 61.1 Å². The molecule has 7 nitrogen and oxygen atoms in total. The maximum atomic E-state index is 13.2. The van der Waals surface area contributed by atoms with Crippen LogP contribution in [0.1, 0.15) is 42.6 Å². The van der Waals surface area contributed by atoms with Crippen LogP contribution in [0.3, 0.4) is 0 Å². The van der Waals surface area contributed by atoms with Crippen LogP contribution >= 0.6 is 0 Å². The standard InChI is InChI=1S/C25H34N4O3S/c1-3-20-6-9-22(10-7-20)33(31,32)27-23-17-21(25(30)29-14-4-5-19(2)18-29)8-11-24(23)28-15-12-26-13-16-28/h6-11,17,19,26-27H,3-5,12-16,18H2,1-2H3/t19-/m1/s1. The summed E-state index contributed by atoms with van der Waals surface area (Å²) in [6, 6.07) is 12.4. The zero-order valence-electron chi connectivity index (χ0n) is 19.5. The highest BCUT2D eigenvalue weighted by Crippen LogP contribution is 2.31. The number of carbonyl (C=O) groups is 1. The van der Waals surface area contributed by atoms with E-state index in [4.69, 9.17) is 0 Å². The average molecular weight is 471 g/mol. The van der Waals surface area contributed by atoms with Gasteiger partial charge in [-0.25, -0.2) is 8.42 Å². The number of hydrogen-bond acceptors (Lipinski definition) is 5. The van der Waals surface area contributed by atoms with Crippen molar-refractivity contribution in [3.05, 3.63) is 53.6 Å². The Morgan fingerprint density at radius 2 is 1.82 bits per heavy atom. The van der Waals surface area contributed by atoms with Gasteiger partial charge in [0.05, 0.1) is 16.3 Å². The monoisotopic (exact) mass is 470 g/mol. The predicted molar refractivity (Wildman–Crippen MR) is 132 cm³/mol. The molecule has 1 amide bonds. The van der Waals surface area contributed by atoms with Gasteiger partial charge in [-0.15, -0.1) is 0 Å². The molecule has 0 spiro atoms. The molecule has 33 heavy (non-hydrogen) atoms. The first-order valence-corrected chi connectivity index (χ1v) is 13.4. The fraction of sp³-hybridized carbons (Fsp3) is 0.480. The Morgan fingerprint density at radius 1 is 1.09 bits per heavy atom. The molecule has 2 aliphatic rings. The maximum Gasteiger partial charge on any atom is 0.261 e. The molecule has 1 atom stereocenters. The minimum Gasteiger partial charge on any atom is -0.367 e. The SMILES string of the molecule is CCc1ccc(S(=O)(=O)Nc2cc(C(=O)N3CCC[C@@H](C)C3)ccc2N2CCNCC2)cc1. The molecule has 0 radical (unpaired) electrons. The van der Waals surface area contributed by atoms with Gasteiger partial charge in [-0.1, -0.05) is 26.0 Å². The van der Waals surface area contributed by atoms with Gasteiger partial charge in [-0.2, -0.15) is 0 Å². The first-order valence-electron chi connectivity index (χ1n) is 11.9. The quantitative estimate of drug-likeness (QED) is 0.677. The number of anilines is 2. The summed E-state index contributed by atoms with van der Waals surface area (Å²) in [5.41, 5.74) is 2.85. The fourth-order valence-corrected chi connectivity index (χ4v) is 5.66. The van der Waals surface area contributed by atoms with Crippen molar-refractivity contribution in [1.82, 2.24) is 10.2 Å². The summed E-state index contributed by atoms with van der Waals surface area (Å²) in [5, 5.41) is 3.32. The number of piperidine rings is 1. The highest BCUT2D eigenvalue weighted by molar-refractivity contribution is 7.92. The van der Waals surface area contributed by atoms with Crippen molar-refractivity contribution >= 4 is 27.3 Å². The molecule has 2 aliphatic heterocycles. The number of carbonyl (C=O) groups excluding carboxylic acids is 1. The second-order valence-corrected chi connectivity index (χ2v) is 10.8. The van der Waals surface area contributed by atoms with Crippen LogP contribution in [0.15, 0.2) is 47.4 Å². The number of amides is 1. The fourth-order valence-electron chi connectivity index (χ4n) is 4.60. The number of piperazine rings is 1. The van der Waals surface area contributed by atoms with Crippen LogP contribution in [0.25, 0.3) is 0 Å². The molecule has 4 rings (SSSR count). The molecule has 0 unspecified atom stereocenters. The molecule has 0 aliphatic carbocycles. The van der Waals surface area contributed by atoms with Crippen LogP contribution < -0.4 is 14.9 Å². The lowest BCUT2D eigenvalue weighted by molar-refractivity contribution is 0.0683. The van der Waals surface area contributed by atoms with Gasteiger partial charge in [0, 0.05) is 44.8 Å². The van der Waals surface area contributed by atoms with E-state index in [-0.39, 0.29) is 10.8 Å². The van der Waals surface area contributed by atoms with Crippen molar-refractivity contribution < 1.29 is 13.2 Å². The second kappa shape index (κ2) is 10.1. The maximum absolute atomic E-state index is 13.2. The summed E-state index contributed by atoms with van der Waals surface area (Å²) >= 11 is 0. The number of benzene rings is 2. The van der Waals surface area contributed by atoms with E-state index < -0.39 is 10.0 Å². The van der Waals surface area contributed by atoms with Crippen molar-refractivity contribution in [3.8, 4) is 0 Å². The molecule has 0 bridgehead atoms. The van der Waals surface area contributed by atoms with E-state index in [9.17, 15) is 13.2 Å². The predicted octanol–water partition coefficient (Wildman–Crippen LogP) is 3.33. The zero-order valence-corrected chi connectivity index (χ0v) is 20.3. The molecule has 0 aromatic heterocycles. The van der Waals surface area contributed by atoms with Crippen LogP contribution in [-0.2, 0) is 16.4 Å². The Kier molecular flexibility index (Phi) is 7.24. The molecular weight excluding hydrogens is 436 g/mol. The first kappa shape index (κ1) is 23.6. The van der Waals surface area contributed by atoms with Gasteiger partial charge in [0.2, 0.25) is 0 Å². The Balaban J connectivity index is 1.66. The van der Waals surface area contributed by atoms with E-state index in [2.05, 4.69) is 21.9 Å². The lowest BCUT2D eigenvalue weighted by atomic mass is 9.99. The Labute approximate surface area is 197 Å². The summed E-state index contributed by atoms with van der Waals surface area (Å²) in [5.74, 6) is 0.438. The average Bonchev–Trinajstić information content (AvgIpc) is 2.84. The van der Waals surface area contributed by atoms with Crippen LogP contribution in [-0.4, -0.2) is 58.5 Å². The Bertz CT molecular complexity index is 1080. The van der Waals surface area contributed by atoms with Gasteiger partial charge >= 0.3 is 0 Å². The van der Waals surface area contributed by atoms with E-state index in [0.717, 1.165) is 69.8 Å². The Hall–Kier alpha value is -2.58. The molecule has 2 fully saturated rings. The number of aryl methyl sites for hydroxylation is 1. The largest absolute Gasteiger partial charge is 0.367 e. The van der Waals surface area contributed by atoms with Crippen LogP contribution in [0.4, 0.5) is 11.4 Å². The number of likely N-dealkylation sites (tertiary alicyclic amines) is 1. The number of rotatable bonds is 6. The van der Waals surface area contributed by atoms with Crippen molar-refractivity contribution in [3.63, 3.8) is 0 Å². The zero-order chi connectivity index (χ0) is 23.4. The normalized spacial score (nSPS) is 19.4. The molecule has 2 aromatic carbocycles. The number of hydrogen-bond donors (Lipinski definition) is 2. The van der Waals surface area contributed by atoms with Crippen molar-refractivity contribution in [1.29, 1.82) is 0 Å². The Morgan fingerprint density at radius 3 is 2.48 bits per heavy atom. The number of nitrogens with one attached hydrogen (secondary N) is 2. The summed E-state index contributed by atoms with van der Waals surface area (Å²) < 4.78 is 29.2. The lowest BCUT2D eigenvalue weighted by Gasteiger charge is -2.33. The van der Waals surface area contributed by atoms with Crippen molar-refractivity contribution in [2.75, 3.05) is 48.9 Å². The molecule has 2 N–H and O–H groups in total. The minimum absolute atomic E-state index is 0.0406. The third kappa shape index (κ3) is 5.50. The smallest absolute Gasteiger partial charge is 0.261 e. The van der Waals surface area contributed by atoms with Crippen molar-refractivity contribution in [2.45, 2.75) is 38.0 Å². The lowest BCUT2D eigenvalue weighted by Crippen LogP contribution is -2.44. The summed E-state index contributed by atoms with van der Waals surface area (Å²) in [6.07, 6.45) is 2.98. The van der Waals surface area contributed by atoms with Gasteiger partial charge in [0.1, 0.15) is 0 Å². The van der Waals surface area contributed by atoms with E-state index >= 15 is 0 Å². The molecule has 2 saturated heterocycles. The van der Waals surface area contributed by atoms with Gasteiger partial charge in [0.25, 0.3) is 15.9 Å². The highest BCUT2D eigenvalue weighted by atomic mass is 32.2. The van der Waals surface area contributed by atoms with Crippen molar-refractivity contribution in [2.24, 2.45) is 5.92 Å². The summed E-state index contributed by atoms with van der Waals surface area (Å²) in [4.78, 5) is 17.5. The van der Waals surface area contributed by atoms with E-state index in [1.165, 1.54) is 0 Å². The number of nitrogens with zero attached hydrogens (tertiary/aromatic N) is 2. The first-order chi connectivity index (χ1) is 15.9. The van der Waals surface area contributed by atoms with Crippen LogP contribution in [0, 0.1) is 5.92 Å². The van der Waals surface area contributed by atoms with Crippen LogP contribution in [0.2, 0.25) is 0 Å². The molecule has 2 aromatic rings. The third-order valence-corrected chi connectivity index (χ3v) is 7.91. The molecule has 0 saturated carbocycles. The third-order valence-electron chi connectivity index (χ3n) is 6.53. The summed E-state index contributed by atoms with van der Waals surface area (Å²) in [7, 11) is -3.79. The molecule has 178 valence electrons. The second-order valence-electron chi connectivity index (χ2n) is 9.07. The molecule has 8 heteroatoms. The molecule has 2 heterocycles. The van der Waals surface area contributed by atoms with Crippen LogP contribution in [0.5, 0.6) is 0 Å². The summed E-state index contributed by atoms with van der Waals surface area (Å²) in [6.45, 7) is 8.89. The van der Waals surface area contributed by atoms with E-state index in [0.29, 0.717) is 17.2 Å².